The van der Waals surface area contributed by atoms with E-state index in [9.17, 15) is 121 Å². The quantitative estimate of drug-likeness (QED) is 0.0270. The van der Waals surface area contributed by atoms with Crippen LogP contribution in [-0.2, 0) is 102 Å². The molecule has 0 unspecified atom stereocenters. The maximum Gasteiger partial charge on any atom is 0.326 e. The fraction of sp³-hybridized carbons (Fsp3) is 0.698. The summed E-state index contributed by atoms with van der Waals surface area (Å²) in [5, 5.41) is 86.1. The van der Waals surface area contributed by atoms with Crippen LogP contribution in [0.15, 0.2) is 30.3 Å². The van der Waals surface area contributed by atoms with Crippen LogP contribution >= 0.6 is 11.8 Å². The van der Waals surface area contributed by atoms with E-state index in [-0.39, 0.29) is 134 Å². The monoisotopic (exact) mass is 1920 g/mol. The number of primary amides is 2. The van der Waals surface area contributed by atoms with Gasteiger partial charge >= 0.3 is 17.9 Å². The van der Waals surface area contributed by atoms with E-state index in [2.05, 4.69) is 74.4 Å². The van der Waals surface area contributed by atoms with E-state index in [1.165, 1.54) is 18.7 Å². The third kappa shape index (κ3) is 44.7. The van der Waals surface area contributed by atoms with Crippen LogP contribution in [-0.4, -0.2) is 303 Å². The van der Waals surface area contributed by atoms with Gasteiger partial charge in [0.1, 0.15) is 90.6 Å². The van der Waals surface area contributed by atoms with Gasteiger partial charge in [0.15, 0.2) is 0 Å². The first-order valence-corrected chi connectivity index (χ1v) is 46.9. The number of nitrogens with two attached hydrogens (primary N) is 7. The number of benzene rings is 1. The molecule has 0 bridgehead atoms. The molecule has 47 nitrogen and oxygen atoms in total. The lowest BCUT2D eigenvalue weighted by atomic mass is 9.96. The number of hydrogen-bond acceptors (Lipinski definition) is 28. The summed E-state index contributed by atoms with van der Waals surface area (Å²) < 4.78 is 0. The second-order valence-corrected chi connectivity index (χ2v) is 35.2. The van der Waals surface area contributed by atoms with Gasteiger partial charge in [-0.3, -0.25) is 91.1 Å². The number of carboxylic acids is 3. The summed E-state index contributed by atoms with van der Waals surface area (Å²) in [6.45, 7) is 10.6. The smallest absolute Gasteiger partial charge is 0.326 e. The summed E-state index contributed by atoms with van der Waals surface area (Å²) in [7, 11) is 0. The van der Waals surface area contributed by atoms with Gasteiger partial charge in [0.25, 0.3) is 0 Å². The zero-order chi connectivity index (χ0) is 101. The van der Waals surface area contributed by atoms with Crippen molar-refractivity contribution >= 4 is 130 Å². The number of carboxylic acid groups (broad SMARTS) is 3. The number of carbonyl (C=O) groups excluding carboxylic acids is 17. The maximum absolute atomic E-state index is 14.8. The average Bonchev–Trinajstić information content (AvgIpc) is 1.65. The maximum atomic E-state index is 14.8. The molecule has 0 aliphatic carbocycles. The average molecular weight is 1920 g/mol. The first-order valence-electron chi connectivity index (χ1n) is 45.5. The third-order valence-electron chi connectivity index (χ3n) is 22.0. The number of rotatable bonds is 69. The Morgan fingerprint density at radius 2 is 0.806 bits per heavy atom. The molecule has 2 rings (SSSR count). The zero-order valence-corrected chi connectivity index (χ0v) is 78.7. The predicted octanol–water partition coefficient (Wildman–Crippen LogP) is -6.32. The highest BCUT2D eigenvalue weighted by Gasteiger charge is 2.44. The number of aliphatic hydroxyl groups excluding tert-OH is 2. The molecule has 0 spiro atoms. The van der Waals surface area contributed by atoms with Gasteiger partial charge in [0.05, 0.1) is 31.6 Å². The minimum absolute atomic E-state index is 0.0270. The molecule has 1 aliphatic heterocycles. The molecule has 0 aromatic heterocycles. The van der Waals surface area contributed by atoms with E-state index in [1.54, 1.807) is 71.2 Å². The van der Waals surface area contributed by atoms with Crippen molar-refractivity contribution in [2.24, 2.45) is 57.9 Å². The van der Waals surface area contributed by atoms with Crippen molar-refractivity contribution in [3.05, 3.63) is 35.9 Å². The van der Waals surface area contributed by atoms with Gasteiger partial charge in [0, 0.05) is 25.8 Å². The van der Waals surface area contributed by atoms with Gasteiger partial charge in [-0.15, -0.1) is 0 Å². The summed E-state index contributed by atoms with van der Waals surface area (Å²) in [6.07, 6.45) is -2.03. The number of nitrogens with zero attached hydrogens (tertiary/aromatic N) is 1. The summed E-state index contributed by atoms with van der Waals surface area (Å²) in [5.41, 5.74) is 40.5. The molecule has 1 aliphatic rings. The number of likely N-dealkylation sites (tertiary alicyclic amines) is 1. The Morgan fingerprint density at radius 3 is 1.25 bits per heavy atom. The van der Waals surface area contributed by atoms with Crippen molar-refractivity contribution in [1.82, 2.24) is 79.3 Å². The van der Waals surface area contributed by atoms with Gasteiger partial charge < -0.3 is 145 Å². The SMILES string of the molecule is CC[C@H](C)[C@H](NC(=O)[C@H](CCC(=O)O)NC(=O)[C@H](CO)NC(=O)[C@H](Cc1ccccc1)NC(=O)[C@H](CCCCN)NC(=O)[C@H](CCC(N)=O)NC(=O)[C@@H](NC(=O)[C@H](CC(C)C)NC(=O)[C@@H](N)CCCCN)[C@@H](C)O)C(=O)N[C@@H](CC(N)=O)C(=O)N1CCC[C@H]1C(=O)N[C@@H](CC(=O)O)C(=O)N[C@@H](CCSC)C(=O)N[C@@H](CCCCN)C(=O)N[C@@H](CCCCN)C(=O)N[C@@H](CC(C)C)C(=O)O. The predicted molar refractivity (Wildman–Crippen MR) is 491 cm³/mol. The summed E-state index contributed by atoms with van der Waals surface area (Å²) in [6, 6.07) is -17.8. The van der Waals surface area contributed by atoms with Crippen LogP contribution in [0.5, 0.6) is 0 Å². The molecule has 33 N–H and O–H groups in total. The van der Waals surface area contributed by atoms with E-state index in [0.29, 0.717) is 44.2 Å². The Balaban J connectivity index is 2.56. The molecule has 1 fully saturated rings. The van der Waals surface area contributed by atoms with Crippen LogP contribution in [0.4, 0.5) is 0 Å². The van der Waals surface area contributed by atoms with Crippen molar-refractivity contribution in [1.29, 1.82) is 0 Å². The van der Waals surface area contributed by atoms with Crippen molar-refractivity contribution in [2.75, 3.05) is 51.3 Å². The van der Waals surface area contributed by atoms with Gasteiger partial charge in [-0.2, -0.15) is 11.8 Å². The Kier molecular flexibility index (Phi) is 56.5. The van der Waals surface area contributed by atoms with Gasteiger partial charge in [0.2, 0.25) is 100 Å². The first kappa shape index (κ1) is 119. The Bertz CT molecular complexity index is 4020. The van der Waals surface area contributed by atoms with Crippen LogP contribution < -0.4 is 115 Å². The second kappa shape index (κ2) is 63.8. The fourth-order valence-corrected chi connectivity index (χ4v) is 14.8. The minimum Gasteiger partial charge on any atom is -0.481 e. The molecule has 48 heteroatoms. The zero-order valence-electron chi connectivity index (χ0n) is 77.9. The third-order valence-corrected chi connectivity index (χ3v) is 22.6. The second-order valence-electron chi connectivity index (χ2n) is 34.2. The van der Waals surface area contributed by atoms with Crippen LogP contribution in [0.1, 0.15) is 208 Å². The molecule has 756 valence electrons. The minimum atomic E-state index is -2.02. The van der Waals surface area contributed by atoms with Crippen molar-refractivity contribution in [2.45, 2.75) is 312 Å². The van der Waals surface area contributed by atoms with Crippen LogP contribution in [0.25, 0.3) is 0 Å². The lowest BCUT2D eigenvalue weighted by molar-refractivity contribution is -0.145. The van der Waals surface area contributed by atoms with Crippen LogP contribution in [0.3, 0.4) is 0 Å². The Morgan fingerprint density at radius 1 is 0.418 bits per heavy atom. The van der Waals surface area contributed by atoms with E-state index < -0.39 is 272 Å². The molecule has 134 heavy (non-hydrogen) atoms. The fourth-order valence-electron chi connectivity index (χ4n) is 14.3. The van der Waals surface area contributed by atoms with E-state index in [0.717, 1.165) is 11.8 Å². The summed E-state index contributed by atoms with van der Waals surface area (Å²) in [5.74, 6) is -23.4. The Labute approximate surface area is 784 Å². The van der Waals surface area contributed by atoms with Gasteiger partial charge in [-0.1, -0.05) is 84.7 Å². The number of carbonyl (C=O) groups is 20. The molecule has 1 aromatic rings. The number of amides is 17. The highest BCUT2D eigenvalue weighted by molar-refractivity contribution is 7.98. The highest BCUT2D eigenvalue weighted by atomic mass is 32.2. The number of aliphatic hydroxyl groups is 2. The van der Waals surface area contributed by atoms with Crippen molar-refractivity contribution < 1.29 is 121 Å². The molecule has 18 atom stereocenters. The molecule has 1 saturated heterocycles. The molecular weight excluding hydrogens is 1770 g/mol. The first-order chi connectivity index (χ1) is 63.3. The molecule has 1 heterocycles. The topological polar surface area (TPSA) is 796 Å². The number of nitrogens with one attached hydrogen (secondary N) is 14. The number of unbranched alkanes of at least 4 members (excludes halogenated alkanes) is 4. The lowest BCUT2D eigenvalue weighted by Crippen LogP contribution is -2.62. The molecular formula is C86H146N22O25S. The normalized spacial score (nSPS) is 16.2. The molecule has 17 amide bonds. The molecule has 0 radical (unpaired) electrons. The molecule has 0 saturated carbocycles. The largest absolute Gasteiger partial charge is 0.481 e. The van der Waals surface area contributed by atoms with E-state index in [1.807, 2.05) is 0 Å². The van der Waals surface area contributed by atoms with E-state index in [4.69, 9.17) is 40.1 Å². The van der Waals surface area contributed by atoms with Crippen LogP contribution in [0.2, 0.25) is 0 Å². The highest BCUT2D eigenvalue weighted by Crippen LogP contribution is 2.22. The molecule has 1 aromatic carbocycles. The Hall–Kier alpha value is -11.3. The number of aliphatic carboxylic acids is 3. The van der Waals surface area contributed by atoms with Crippen molar-refractivity contribution in [3.8, 4) is 0 Å². The van der Waals surface area contributed by atoms with Crippen LogP contribution in [0, 0.1) is 17.8 Å². The standard InChI is InChI=1S/C86H146N22O25S/c1-9-48(6)69(83(129)103-61(43-66(93)112)85(131)108-38-21-28-64(108)82(128)102-60(44-68(115)116)79(125)98-57(33-39-134-8)76(122)96-52(25-14-18-35-88)72(118)94-54(27-16-20-37-90)74(120)104-62(86(132)133)41-47(4)5)106-77(123)56(30-32-67(113)114)97-81(127)63(45-109)105-78(124)59(42-50-22-11-10-12-23-50)101-73(119)53(26-15-19-36-89)95-75(121)55(29-31-65(92)111)99-84(130)70(49(7)110)107-80(126)58(40-46(2)3)100-71(117)51(91)24-13-17-34-87/h10-12,22-23,46-49,51-64,69-70,109-110H,9,13-21,24-45,87-91H2,1-8H3,(H2,92,111)(H2,93,112)(H,94,118)(H,95,121)(H,96,122)(H,97,127)(H,98,125)(H,99,130)(H,100,117)(H,101,119)(H,102,128)(H,103,129)(H,104,120)(H,105,124)(H,106,123)(H,107,126)(H,113,114)(H,115,116)(H,132,133)/t48-,49+,51-,52-,53-,54-,55-,56-,57-,58-,59-,60-,61-,62-,63-,64-,69-,70-/m0/s1. The number of hydrogen-bond donors (Lipinski definition) is 26. The van der Waals surface area contributed by atoms with E-state index >= 15 is 0 Å². The lowest BCUT2D eigenvalue weighted by Gasteiger charge is -2.31. The van der Waals surface area contributed by atoms with Crippen molar-refractivity contribution in [3.63, 3.8) is 0 Å². The summed E-state index contributed by atoms with van der Waals surface area (Å²) >= 11 is 1.24. The number of thioether (sulfide) groups is 1. The summed E-state index contributed by atoms with van der Waals surface area (Å²) in [4.78, 5) is 277. The van der Waals surface area contributed by atoms with Gasteiger partial charge in [-0.25, -0.2) is 4.79 Å². The van der Waals surface area contributed by atoms with Gasteiger partial charge in [-0.05, 0) is 184 Å².